The summed E-state index contributed by atoms with van der Waals surface area (Å²) in [6.45, 7) is 0.0775. The van der Waals surface area contributed by atoms with E-state index >= 15 is 0 Å². The molecule has 3 N–H and O–H groups in total. The SMILES string of the molecule is O=C(NCc1cc(C(=O)O)ccn1)Nc1ccc(F)cc1. The van der Waals surface area contributed by atoms with Gasteiger partial charge in [0.25, 0.3) is 0 Å². The number of anilines is 1. The van der Waals surface area contributed by atoms with E-state index in [1.165, 1.54) is 42.6 Å². The second-order valence-corrected chi connectivity index (χ2v) is 4.16. The van der Waals surface area contributed by atoms with Gasteiger partial charge < -0.3 is 15.7 Å². The maximum Gasteiger partial charge on any atom is 0.335 e. The van der Waals surface area contributed by atoms with Gasteiger partial charge in [-0.1, -0.05) is 0 Å². The zero-order valence-electron chi connectivity index (χ0n) is 10.8. The van der Waals surface area contributed by atoms with Crippen LogP contribution < -0.4 is 10.6 Å². The van der Waals surface area contributed by atoms with Crippen molar-refractivity contribution in [3.63, 3.8) is 0 Å². The molecular formula is C14H12FN3O3. The molecule has 0 fully saturated rings. The number of amides is 2. The van der Waals surface area contributed by atoms with E-state index in [1.54, 1.807) is 0 Å². The predicted octanol–water partition coefficient (Wildman–Crippen LogP) is 2.24. The summed E-state index contributed by atoms with van der Waals surface area (Å²) in [7, 11) is 0. The molecule has 1 aromatic heterocycles. The molecular weight excluding hydrogens is 277 g/mol. The van der Waals surface area contributed by atoms with Gasteiger partial charge >= 0.3 is 12.0 Å². The van der Waals surface area contributed by atoms with E-state index in [0.29, 0.717) is 11.4 Å². The van der Waals surface area contributed by atoms with Crippen molar-refractivity contribution in [2.24, 2.45) is 0 Å². The molecule has 0 saturated carbocycles. The number of nitrogens with one attached hydrogen (secondary N) is 2. The first-order valence-corrected chi connectivity index (χ1v) is 6.03. The normalized spacial score (nSPS) is 9.95. The maximum atomic E-state index is 12.7. The molecule has 0 atom stereocenters. The fourth-order valence-electron chi connectivity index (χ4n) is 1.59. The van der Waals surface area contributed by atoms with Crippen LogP contribution in [0.15, 0.2) is 42.6 Å². The summed E-state index contributed by atoms with van der Waals surface area (Å²) in [5.41, 5.74) is 0.964. The highest BCUT2D eigenvalue weighted by Gasteiger charge is 2.06. The molecule has 2 aromatic rings. The topological polar surface area (TPSA) is 91.3 Å². The van der Waals surface area contributed by atoms with Crippen molar-refractivity contribution in [1.82, 2.24) is 10.3 Å². The number of aromatic carboxylic acids is 1. The van der Waals surface area contributed by atoms with Gasteiger partial charge in [-0.05, 0) is 36.4 Å². The lowest BCUT2D eigenvalue weighted by Gasteiger charge is -2.07. The largest absolute Gasteiger partial charge is 0.478 e. The number of hydrogen-bond donors (Lipinski definition) is 3. The smallest absolute Gasteiger partial charge is 0.335 e. The molecule has 0 radical (unpaired) electrons. The zero-order chi connectivity index (χ0) is 15.2. The van der Waals surface area contributed by atoms with Crippen LogP contribution in [0.25, 0.3) is 0 Å². The molecule has 0 unspecified atom stereocenters. The first kappa shape index (κ1) is 14.4. The summed E-state index contributed by atoms with van der Waals surface area (Å²) in [6, 6.07) is 7.56. The average molecular weight is 289 g/mol. The molecule has 7 heteroatoms. The van der Waals surface area contributed by atoms with E-state index in [2.05, 4.69) is 15.6 Å². The monoisotopic (exact) mass is 289 g/mol. The number of benzene rings is 1. The summed E-state index contributed by atoms with van der Waals surface area (Å²) < 4.78 is 12.7. The molecule has 0 bridgehead atoms. The fraction of sp³-hybridized carbons (Fsp3) is 0.0714. The highest BCUT2D eigenvalue weighted by atomic mass is 19.1. The van der Waals surface area contributed by atoms with Gasteiger partial charge in [0.2, 0.25) is 0 Å². The molecule has 0 aliphatic carbocycles. The summed E-state index contributed by atoms with van der Waals surface area (Å²) in [4.78, 5) is 26.4. The average Bonchev–Trinajstić information content (AvgIpc) is 2.48. The minimum atomic E-state index is -1.06. The highest BCUT2D eigenvalue weighted by Crippen LogP contribution is 2.08. The number of urea groups is 1. The van der Waals surface area contributed by atoms with Gasteiger partial charge in [0.1, 0.15) is 5.82 Å². The first-order chi connectivity index (χ1) is 10.0. The molecule has 108 valence electrons. The molecule has 6 nitrogen and oxygen atoms in total. The van der Waals surface area contributed by atoms with E-state index in [1.807, 2.05) is 0 Å². The number of carboxylic acid groups (broad SMARTS) is 1. The van der Waals surface area contributed by atoms with Gasteiger partial charge in [0.05, 0.1) is 17.8 Å². The maximum absolute atomic E-state index is 12.7. The van der Waals surface area contributed by atoms with Crippen molar-refractivity contribution in [2.75, 3.05) is 5.32 Å². The van der Waals surface area contributed by atoms with E-state index in [9.17, 15) is 14.0 Å². The highest BCUT2D eigenvalue weighted by molar-refractivity contribution is 5.89. The van der Waals surface area contributed by atoms with Crippen LogP contribution in [0.3, 0.4) is 0 Å². The van der Waals surface area contributed by atoms with Gasteiger partial charge in [-0.15, -0.1) is 0 Å². The van der Waals surface area contributed by atoms with Crippen LogP contribution in [-0.4, -0.2) is 22.1 Å². The van der Waals surface area contributed by atoms with Gasteiger partial charge in [0, 0.05) is 11.9 Å². The Hall–Kier alpha value is -2.96. The van der Waals surface area contributed by atoms with Crippen LogP contribution in [0.1, 0.15) is 16.1 Å². The Morgan fingerprint density at radius 2 is 1.90 bits per heavy atom. The Morgan fingerprint density at radius 3 is 2.57 bits per heavy atom. The third kappa shape index (κ3) is 4.27. The lowest BCUT2D eigenvalue weighted by Crippen LogP contribution is -2.28. The number of nitrogens with zero attached hydrogens (tertiary/aromatic N) is 1. The van der Waals surface area contributed by atoms with Crippen LogP contribution in [0.4, 0.5) is 14.9 Å². The number of hydrogen-bond acceptors (Lipinski definition) is 3. The number of carbonyl (C=O) groups excluding carboxylic acids is 1. The Morgan fingerprint density at radius 1 is 1.19 bits per heavy atom. The van der Waals surface area contributed by atoms with E-state index in [-0.39, 0.29) is 12.1 Å². The van der Waals surface area contributed by atoms with Crippen LogP contribution >= 0.6 is 0 Å². The van der Waals surface area contributed by atoms with Gasteiger partial charge in [0.15, 0.2) is 0 Å². The van der Waals surface area contributed by atoms with E-state index in [0.717, 1.165) is 0 Å². The quantitative estimate of drug-likeness (QED) is 0.805. The molecule has 1 heterocycles. The molecule has 0 saturated heterocycles. The minimum absolute atomic E-state index is 0.0775. The second kappa shape index (κ2) is 6.47. The van der Waals surface area contributed by atoms with Gasteiger partial charge in [-0.3, -0.25) is 4.98 Å². The predicted molar refractivity (Wildman–Crippen MR) is 73.5 cm³/mol. The summed E-state index contributed by atoms with van der Waals surface area (Å²) >= 11 is 0. The summed E-state index contributed by atoms with van der Waals surface area (Å²) in [5, 5.41) is 13.9. The molecule has 2 amide bonds. The van der Waals surface area contributed by atoms with Crippen LogP contribution in [0, 0.1) is 5.82 Å². The van der Waals surface area contributed by atoms with Crippen molar-refractivity contribution < 1.29 is 19.1 Å². The zero-order valence-corrected chi connectivity index (χ0v) is 10.8. The number of aromatic nitrogens is 1. The van der Waals surface area contributed by atoms with Crippen molar-refractivity contribution in [3.05, 3.63) is 59.7 Å². The van der Waals surface area contributed by atoms with Crippen molar-refractivity contribution >= 4 is 17.7 Å². The fourth-order valence-corrected chi connectivity index (χ4v) is 1.59. The lowest BCUT2D eigenvalue weighted by atomic mass is 10.2. The van der Waals surface area contributed by atoms with Crippen LogP contribution in [-0.2, 0) is 6.54 Å². The van der Waals surface area contributed by atoms with E-state index < -0.39 is 17.8 Å². The Kier molecular flexibility index (Phi) is 4.45. The third-order valence-electron chi connectivity index (χ3n) is 2.60. The molecule has 0 spiro atoms. The molecule has 2 rings (SSSR count). The summed E-state index contributed by atoms with van der Waals surface area (Å²) in [5.74, 6) is -1.45. The molecule has 0 aliphatic rings. The number of rotatable bonds is 4. The van der Waals surface area contributed by atoms with Crippen molar-refractivity contribution in [3.8, 4) is 0 Å². The van der Waals surface area contributed by atoms with Crippen LogP contribution in [0.5, 0.6) is 0 Å². The number of carboxylic acids is 1. The Balaban J connectivity index is 1.90. The lowest BCUT2D eigenvalue weighted by molar-refractivity contribution is 0.0696. The third-order valence-corrected chi connectivity index (χ3v) is 2.60. The number of halogens is 1. The van der Waals surface area contributed by atoms with Crippen LogP contribution in [0.2, 0.25) is 0 Å². The molecule has 21 heavy (non-hydrogen) atoms. The van der Waals surface area contributed by atoms with Gasteiger partial charge in [-0.2, -0.15) is 0 Å². The Labute approximate surface area is 119 Å². The standard InChI is InChI=1S/C14H12FN3O3/c15-10-1-3-11(4-2-10)18-14(21)17-8-12-7-9(13(19)20)5-6-16-12/h1-7H,8H2,(H,19,20)(H2,17,18,21). The molecule has 1 aromatic carbocycles. The second-order valence-electron chi connectivity index (χ2n) is 4.16. The summed E-state index contributed by atoms with van der Waals surface area (Å²) in [6.07, 6.45) is 1.36. The van der Waals surface area contributed by atoms with Crippen molar-refractivity contribution in [1.29, 1.82) is 0 Å². The molecule has 0 aliphatic heterocycles. The number of pyridine rings is 1. The number of carbonyl (C=O) groups is 2. The Bertz CT molecular complexity index is 659. The first-order valence-electron chi connectivity index (χ1n) is 6.03. The minimum Gasteiger partial charge on any atom is -0.478 e. The van der Waals surface area contributed by atoms with E-state index in [4.69, 9.17) is 5.11 Å². The van der Waals surface area contributed by atoms with Crippen molar-refractivity contribution in [2.45, 2.75) is 6.54 Å². The van der Waals surface area contributed by atoms with Gasteiger partial charge in [-0.25, -0.2) is 14.0 Å².